The maximum Gasteiger partial charge on any atom is 0.261 e. The number of nitrogens with zero attached hydrogens (tertiary/aromatic N) is 2. The van der Waals surface area contributed by atoms with Gasteiger partial charge in [-0.1, -0.05) is 0 Å². The standard InChI is InChI=1S/C19H24N4O5S/c1-12-9-20-10-13(2)16(12)11-28-15-4-5-18-17(8-15)21-6-7-23(29(18,26)27)14(3)19(24)22-25/h4-5,8-10,14,21,25H,6-7,11H2,1-3H3,(H,22,24)/t14-/m1/s1. The van der Waals surface area contributed by atoms with E-state index in [-0.39, 0.29) is 11.4 Å². The van der Waals surface area contributed by atoms with Gasteiger partial charge >= 0.3 is 0 Å². The fourth-order valence-corrected chi connectivity index (χ4v) is 4.99. The molecule has 0 aliphatic carbocycles. The minimum absolute atomic E-state index is 0.0520. The van der Waals surface area contributed by atoms with Gasteiger partial charge in [-0.2, -0.15) is 4.31 Å². The Balaban J connectivity index is 1.86. The summed E-state index contributed by atoms with van der Waals surface area (Å²) in [7, 11) is -3.94. The number of aromatic nitrogens is 1. The number of fused-ring (bicyclic) bond motifs is 1. The topological polar surface area (TPSA) is 121 Å². The zero-order chi connectivity index (χ0) is 21.2. The first-order chi connectivity index (χ1) is 13.8. The Labute approximate surface area is 169 Å². The molecule has 3 N–H and O–H groups in total. The van der Waals surface area contributed by atoms with Crippen LogP contribution in [0.3, 0.4) is 0 Å². The molecule has 29 heavy (non-hydrogen) atoms. The van der Waals surface area contributed by atoms with Gasteiger partial charge in [0.25, 0.3) is 5.91 Å². The van der Waals surface area contributed by atoms with Gasteiger partial charge in [-0.25, -0.2) is 13.9 Å². The lowest BCUT2D eigenvalue weighted by molar-refractivity contribution is -0.132. The fraction of sp³-hybridized carbons (Fsp3) is 0.368. The molecule has 1 aromatic carbocycles. The number of rotatable bonds is 5. The quantitative estimate of drug-likeness (QED) is 0.496. The lowest BCUT2D eigenvalue weighted by Gasteiger charge is -2.25. The molecule has 9 nitrogen and oxygen atoms in total. The highest BCUT2D eigenvalue weighted by molar-refractivity contribution is 7.89. The van der Waals surface area contributed by atoms with Crippen LogP contribution in [0.5, 0.6) is 5.75 Å². The third-order valence-electron chi connectivity index (χ3n) is 4.98. The highest BCUT2D eigenvalue weighted by atomic mass is 32.2. The summed E-state index contributed by atoms with van der Waals surface area (Å²) in [5.74, 6) is -0.267. The van der Waals surface area contributed by atoms with Gasteiger partial charge in [0.15, 0.2) is 0 Å². The van der Waals surface area contributed by atoms with Crippen LogP contribution in [0.4, 0.5) is 5.69 Å². The Morgan fingerprint density at radius 3 is 2.69 bits per heavy atom. The fourth-order valence-electron chi connectivity index (χ4n) is 3.25. The molecule has 0 radical (unpaired) electrons. The summed E-state index contributed by atoms with van der Waals surface area (Å²) in [6, 6.07) is 3.64. The number of nitrogens with one attached hydrogen (secondary N) is 2. The second-order valence-electron chi connectivity index (χ2n) is 6.89. The number of ether oxygens (including phenoxy) is 1. The molecule has 0 saturated heterocycles. The van der Waals surface area contributed by atoms with Crippen molar-refractivity contribution < 1.29 is 23.2 Å². The van der Waals surface area contributed by atoms with Crippen LogP contribution >= 0.6 is 0 Å². The summed E-state index contributed by atoms with van der Waals surface area (Å²) in [5.41, 5.74) is 4.99. The summed E-state index contributed by atoms with van der Waals surface area (Å²) >= 11 is 0. The first-order valence-corrected chi connectivity index (χ1v) is 10.6. The van der Waals surface area contributed by atoms with Crippen LogP contribution in [0.25, 0.3) is 0 Å². The summed E-state index contributed by atoms with van der Waals surface area (Å²) in [5, 5.41) is 11.9. The minimum atomic E-state index is -3.94. The van der Waals surface area contributed by atoms with Crippen molar-refractivity contribution in [2.24, 2.45) is 0 Å². The molecule has 3 rings (SSSR count). The lowest BCUT2D eigenvalue weighted by Crippen LogP contribution is -2.47. The van der Waals surface area contributed by atoms with E-state index >= 15 is 0 Å². The van der Waals surface area contributed by atoms with Crippen molar-refractivity contribution in [1.29, 1.82) is 0 Å². The van der Waals surface area contributed by atoms with E-state index in [2.05, 4.69) is 10.3 Å². The number of hydroxylamine groups is 1. The molecule has 0 unspecified atom stereocenters. The van der Waals surface area contributed by atoms with Crippen molar-refractivity contribution in [2.45, 2.75) is 38.3 Å². The molecular weight excluding hydrogens is 396 g/mol. The van der Waals surface area contributed by atoms with Gasteiger partial charge < -0.3 is 10.1 Å². The second kappa shape index (κ2) is 8.36. The SMILES string of the molecule is Cc1cncc(C)c1COc1ccc2c(c1)NCCN([C@H](C)C(=O)NO)S2(=O)=O. The number of amides is 1. The maximum atomic E-state index is 13.0. The van der Waals surface area contributed by atoms with Crippen LogP contribution in [0.2, 0.25) is 0 Å². The van der Waals surface area contributed by atoms with Gasteiger partial charge in [-0.3, -0.25) is 15.0 Å². The molecule has 156 valence electrons. The Hall–Kier alpha value is -2.69. The molecular formula is C19H24N4O5S. The van der Waals surface area contributed by atoms with E-state index in [4.69, 9.17) is 9.94 Å². The van der Waals surface area contributed by atoms with Crippen molar-refractivity contribution in [3.63, 3.8) is 0 Å². The van der Waals surface area contributed by atoms with Gasteiger partial charge in [-0.15, -0.1) is 0 Å². The van der Waals surface area contributed by atoms with Gasteiger partial charge in [0.1, 0.15) is 23.3 Å². The molecule has 0 spiro atoms. The highest BCUT2D eigenvalue weighted by Gasteiger charge is 2.36. The average Bonchev–Trinajstić information content (AvgIpc) is 2.82. The number of sulfonamides is 1. The van der Waals surface area contributed by atoms with E-state index < -0.39 is 22.0 Å². The number of hydrogen-bond acceptors (Lipinski definition) is 7. The number of aryl methyl sites for hydroxylation is 2. The van der Waals surface area contributed by atoms with Gasteiger partial charge in [0.05, 0.1) is 5.69 Å². The molecule has 1 aliphatic heterocycles. The summed E-state index contributed by atoms with van der Waals surface area (Å²) in [4.78, 5) is 15.9. The Kier molecular flexibility index (Phi) is 6.06. The van der Waals surface area contributed by atoms with E-state index in [1.54, 1.807) is 24.5 Å². The first kappa shape index (κ1) is 21.0. The molecule has 1 aliphatic rings. The van der Waals surface area contributed by atoms with Crippen LogP contribution in [-0.2, 0) is 21.4 Å². The number of benzene rings is 1. The molecule has 2 aromatic rings. The first-order valence-electron chi connectivity index (χ1n) is 9.12. The molecule has 1 atom stereocenters. The zero-order valence-corrected chi connectivity index (χ0v) is 17.3. The average molecular weight is 420 g/mol. The molecule has 0 bridgehead atoms. The van der Waals surface area contributed by atoms with Crippen LogP contribution in [-0.4, -0.2) is 48.0 Å². The van der Waals surface area contributed by atoms with Gasteiger partial charge in [0.2, 0.25) is 10.0 Å². The molecule has 1 aromatic heterocycles. The van der Waals surface area contributed by atoms with Crippen molar-refractivity contribution in [2.75, 3.05) is 18.4 Å². The third kappa shape index (κ3) is 4.19. The van der Waals surface area contributed by atoms with E-state index in [1.807, 2.05) is 13.8 Å². The Morgan fingerprint density at radius 1 is 1.34 bits per heavy atom. The lowest BCUT2D eigenvalue weighted by atomic mass is 10.1. The van der Waals surface area contributed by atoms with Gasteiger partial charge in [0, 0.05) is 31.5 Å². The van der Waals surface area contributed by atoms with Crippen molar-refractivity contribution in [3.05, 3.63) is 47.3 Å². The number of anilines is 1. The van der Waals surface area contributed by atoms with Crippen LogP contribution in [0.15, 0.2) is 35.5 Å². The van der Waals surface area contributed by atoms with Crippen molar-refractivity contribution >= 4 is 21.6 Å². The predicted molar refractivity (Wildman–Crippen MR) is 106 cm³/mol. The van der Waals surface area contributed by atoms with Crippen molar-refractivity contribution in [3.8, 4) is 5.75 Å². The number of carbonyl (C=O) groups excluding carboxylic acids is 1. The Morgan fingerprint density at radius 2 is 2.03 bits per heavy atom. The summed E-state index contributed by atoms with van der Waals surface area (Å²) in [6.07, 6.45) is 3.55. The smallest absolute Gasteiger partial charge is 0.261 e. The number of carbonyl (C=O) groups is 1. The monoisotopic (exact) mass is 420 g/mol. The minimum Gasteiger partial charge on any atom is -0.489 e. The predicted octanol–water partition coefficient (Wildman–Crippen LogP) is 1.59. The van der Waals surface area contributed by atoms with E-state index in [1.165, 1.54) is 18.5 Å². The van der Waals surface area contributed by atoms with Crippen LogP contribution < -0.4 is 15.5 Å². The maximum absolute atomic E-state index is 13.0. The molecule has 10 heteroatoms. The van der Waals surface area contributed by atoms with E-state index in [0.717, 1.165) is 21.0 Å². The highest BCUT2D eigenvalue weighted by Crippen LogP contribution is 2.32. The molecule has 1 amide bonds. The van der Waals surface area contributed by atoms with E-state index in [0.29, 0.717) is 24.6 Å². The number of pyridine rings is 1. The zero-order valence-electron chi connectivity index (χ0n) is 16.5. The third-order valence-corrected chi connectivity index (χ3v) is 7.01. The van der Waals surface area contributed by atoms with E-state index in [9.17, 15) is 13.2 Å². The van der Waals surface area contributed by atoms with Crippen LogP contribution in [0.1, 0.15) is 23.6 Å². The van der Waals surface area contributed by atoms with Crippen LogP contribution in [0, 0.1) is 13.8 Å². The molecule has 2 heterocycles. The normalized spacial score (nSPS) is 16.8. The van der Waals surface area contributed by atoms with Gasteiger partial charge in [-0.05, 0) is 49.6 Å². The molecule has 0 fully saturated rings. The number of hydrogen-bond donors (Lipinski definition) is 3. The summed E-state index contributed by atoms with van der Waals surface area (Å²) in [6.45, 7) is 6.07. The summed E-state index contributed by atoms with van der Waals surface area (Å²) < 4.78 is 33.0. The molecule has 0 saturated carbocycles. The largest absolute Gasteiger partial charge is 0.489 e. The second-order valence-corrected chi connectivity index (χ2v) is 8.75. The Bertz CT molecular complexity index is 1010. The van der Waals surface area contributed by atoms with Crippen molar-refractivity contribution in [1.82, 2.24) is 14.8 Å².